The Labute approximate surface area is 111 Å². The number of hydrogen-bond acceptors (Lipinski definition) is 3. The number of aromatic nitrogens is 2. The van der Waals surface area contributed by atoms with Crippen molar-refractivity contribution >= 4 is 0 Å². The van der Waals surface area contributed by atoms with Gasteiger partial charge in [-0.25, -0.2) is 4.98 Å². The second-order valence-corrected chi connectivity index (χ2v) is 5.46. The summed E-state index contributed by atoms with van der Waals surface area (Å²) in [6.45, 7) is 14.6. The summed E-state index contributed by atoms with van der Waals surface area (Å²) in [5.41, 5.74) is 1.35. The fourth-order valence-electron chi connectivity index (χ4n) is 2.73. The van der Waals surface area contributed by atoms with Crippen LogP contribution < -0.4 is 0 Å². The average molecular weight is 250 g/mol. The molecule has 1 aliphatic rings. The fourth-order valence-corrected chi connectivity index (χ4v) is 2.73. The molecule has 1 aliphatic heterocycles. The van der Waals surface area contributed by atoms with Crippen LogP contribution >= 0.6 is 0 Å². The molecule has 0 spiro atoms. The molecule has 2 heterocycles. The second-order valence-electron chi connectivity index (χ2n) is 5.46. The molecule has 0 fully saturated rings. The van der Waals surface area contributed by atoms with E-state index in [1.807, 2.05) is 12.5 Å². The topological polar surface area (TPSA) is 24.3 Å². The third-order valence-electron chi connectivity index (χ3n) is 4.04. The molecule has 18 heavy (non-hydrogen) atoms. The predicted octanol–water partition coefficient (Wildman–Crippen LogP) is 1.99. The maximum absolute atomic E-state index is 4.32. The summed E-state index contributed by atoms with van der Waals surface area (Å²) in [6, 6.07) is 1.14. The molecular weight excluding hydrogens is 224 g/mol. The van der Waals surface area contributed by atoms with E-state index in [1.54, 1.807) is 0 Å². The SMILES string of the molecule is CCN(CC)C[C@H]1CN(C(C)C)Cc2cncn21. The first-order valence-electron chi connectivity index (χ1n) is 7.12. The van der Waals surface area contributed by atoms with E-state index in [2.05, 4.69) is 47.0 Å². The Hall–Kier alpha value is -0.870. The molecule has 1 aromatic heterocycles. The largest absolute Gasteiger partial charge is 0.328 e. The van der Waals surface area contributed by atoms with Gasteiger partial charge < -0.3 is 9.47 Å². The maximum atomic E-state index is 4.32. The van der Waals surface area contributed by atoms with Gasteiger partial charge in [0.15, 0.2) is 0 Å². The van der Waals surface area contributed by atoms with Gasteiger partial charge in [-0.15, -0.1) is 0 Å². The van der Waals surface area contributed by atoms with Crippen LogP contribution in [-0.4, -0.2) is 51.6 Å². The molecule has 0 unspecified atom stereocenters. The van der Waals surface area contributed by atoms with Crippen molar-refractivity contribution in [3.63, 3.8) is 0 Å². The summed E-state index contributed by atoms with van der Waals surface area (Å²) < 4.78 is 2.37. The minimum Gasteiger partial charge on any atom is -0.328 e. The van der Waals surface area contributed by atoms with E-state index < -0.39 is 0 Å². The van der Waals surface area contributed by atoms with Gasteiger partial charge in [-0.3, -0.25) is 4.90 Å². The summed E-state index contributed by atoms with van der Waals surface area (Å²) in [7, 11) is 0. The van der Waals surface area contributed by atoms with Crippen molar-refractivity contribution in [2.24, 2.45) is 0 Å². The lowest BCUT2D eigenvalue weighted by atomic mass is 10.1. The van der Waals surface area contributed by atoms with Crippen molar-refractivity contribution in [1.82, 2.24) is 19.4 Å². The highest BCUT2D eigenvalue weighted by Gasteiger charge is 2.27. The van der Waals surface area contributed by atoms with E-state index in [0.717, 1.165) is 32.7 Å². The predicted molar refractivity (Wildman–Crippen MR) is 74.6 cm³/mol. The zero-order chi connectivity index (χ0) is 13.1. The normalized spacial score (nSPS) is 20.7. The smallest absolute Gasteiger partial charge is 0.0952 e. The Morgan fingerprint density at radius 3 is 2.72 bits per heavy atom. The summed E-state index contributed by atoms with van der Waals surface area (Å²) in [5, 5.41) is 0. The van der Waals surface area contributed by atoms with Crippen molar-refractivity contribution < 1.29 is 0 Å². The molecular formula is C14H26N4. The van der Waals surface area contributed by atoms with E-state index >= 15 is 0 Å². The molecule has 4 heteroatoms. The van der Waals surface area contributed by atoms with E-state index in [-0.39, 0.29) is 0 Å². The second kappa shape index (κ2) is 5.85. The Morgan fingerprint density at radius 2 is 2.11 bits per heavy atom. The molecule has 0 bridgehead atoms. The zero-order valence-electron chi connectivity index (χ0n) is 12.1. The van der Waals surface area contributed by atoms with Gasteiger partial charge in [0.25, 0.3) is 0 Å². The van der Waals surface area contributed by atoms with Crippen LogP contribution in [0.2, 0.25) is 0 Å². The molecule has 0 radical (unpaired) electrons. The highest BCUT2D eigenvalue weighted by atomic mass is 15.3. The van der Waals surface area contributed by atoms with Crippen LogP contribution in [0.1, 0.15) is 39.4 Å². The molecule has 102 valence electrons. The molecule has 0 N–H and O–H groups in total. The Balaban J connectivity index is 2.14. The third kappa shape index (κ3) is 2.75. The third-order valence-corrected chi connectivity index (χ3v) is 4.04. The van der Waals surface area contributed by atoms with Crippen LogP contribution in [-0.2, 0) is 6.54 Å². The number of rotatable bonds is 5. The van der Waals surface area contributed by atoms with Gasteiger partial charge in [-0.05, 0) is 26.9 Å². The van der Waals surface area contributed by atoms with Gasteiger partial charge in [0, 0.05) is 31.9 Å². The summed E-state index contributed by atoms with van der Waals surface area (Å²) in [6.07, 6.45) is 4.02. The Bertz CT molecular complexity index is 368. The van der Waals surface area contributed by atoms with Crippen molar-refractivity contribution in [2.75, 3.05) is 26.2 Å². The highest BCUT2D eigenvalue weighted by molar-refractivity contribution is 5.05. The summed E-state index contributed by atoms with van der Waals surface area (Å²) in [4.78, 5) is 9.37. The summed E-state index contributed by atoms with van der Waals surface area (Å²) in [5.74, 6) is 0. The van der Waals surface area contributed by atoms with Gasteiger partial charge >= 0.3 is 0 Å². The first-order valence-corrected chi connectivity index (χ1v) is 7.12. The highest BCUT2D eigenvalue weighted by Crippen LogP contribution is 2.23. The molecule has 2 rings (SSSR count). The standard InChI is InChI=1S/C14H26N4/c1-5-16(6-2)8-14-10-17(12(3)4)9-13-7-15-11-18(13)14/h7,11-12,14H,5-6,8-10H2,1-4H3/t14-/m0/s1. The first kappa shape index (κ1) is 13.6. The van der Waals surface area contributed by atoms with E-state index in [0.29, 0.717) is 12.1 Å². The number of nitrogens with zero attached hydrogens (tertiary/aromatic N) is 4. The Kier molecular flexibility index (Phi) is 4.40. The lowest BCUT2D eigenvalue weighted by Gasteiger charge is -2.38. The molecule has 1 atom stereocenters. The van der Waals surface area contributed by atoms with E-state index in [1.165, 1.54) is 5.69 Å². The monoisotopic (exact) mass is 250 g/mol. The molecule has 0 saturated carbocycles. The molecule has 0 aromatic carbocycles. The zero-order valence-corrected chi connectivity index (χ0v) is 12.1. The molecule has 0 saturated heterocycles. The lowest BCUT2D eigenvalue weighted by Crippen LogP contribution is -2.44. The number of imidazole rings is 1. The van der Waals surface area contributed by atoms with Crippen molar-refractivity contribution in [3.05, 3.63) is 18.2 Å². The van der Waals surface area contributed by atoms with Gasteiger partial charge in [0.1, 0.15) is 0 Å². The van der Waals surface area contributed by atoms with Gasteiger partial charge in [0.05, 0.1) is 18.1 Å². The van der Waals surface area contributed by atoms with E-state index in [9.17, 15) is 0 Å². The molecule has 4 nitrogen and oxygen atoms in total. The fraction of sp³-hybridized carbons (Fsp3) is 0.786. The quantitative estimate of drug-likeness (QED) is 0.799. The van der Waals surface area contributed by atoms with Gasteiger partial charge in [-0.2, -0.15) is 0 Å². The minimum atomic E-state index is 0.540. The van der Waals surface area contributed by atoms with Crippen molar-refractivity contribution in [2.45, 2.75) is 46.3 Å². The average Bonchev–Trinajstić information content (AvgIpc) is 2.83. The van der Waals surface area contributed by atoms with Crippen LogP contribution in [0.25, 0.3) is 0 Å². The molecule has 0 aliphatic carbocycles. The molecule has 1 aromatic rings. The van der Waals surface area contributed by atoms with Crippen LogP contribution in [0.5, 0.6) is 0 Å². The van der Waals surface area contributed by atoms with Crippen LogP contribution in [0.15, 0.2) is 12.5 Å². The molecule has 0 amide bonds. The first-order chi connectivity index (χ1) is 8.65. The van der Waals surface area contributed by atoms with Gasteiger partial charge in [-0.1, -0.05) is 13.8 Å². The Morgan fingerprint density at radius 1 is 1.39 bits per heavy atom. The summed E-state index contributed by atoms with van der Waals surface area (Å²) >= 11 is 0. The number of fused-ring (bicyclic) bond motifs is 1. The maximum Gasteiger partial charge on any atom is 0.0952 e. The van der Waals surface area contributed by atoms with E-state index in [4.69, 9.17) is 0 Å². The number of likely N-dealkylation sites (N-methyl/N-ethyl adjacent to an activating group) is 1. The minimum absolute atomic E-state index is 0.540. The lowest BCUT2D eigenvalue weighted by molar-refractivity contribution is 0.122. The van der Waals surface area contributed by atoms with Crippen LogP contribution in [0.4, 0.5) is 0 Å². The van der Waals surface area contributed by atoms with Crippen LogP contribution in [0.3, 0.4) is 0 Å². The van der Waals surface area contributed by atoms with Crippen molar-refractivity contribution in [3.8, 4) is 0 Å². The van der Waals surface area contributed by atoms with Crippen LogP contribution in [0, 0.1) is 0 Å². The van der Waals surface area contributed by atoms with Gasteiger partial charge in [0.2, 0.25) is 0 Å². The number of hydrogen-bond donors (Lipinski definition) is 0. The van der Waals surface area contributed by atoms with Crippen molar-refractivity contribution in [1.29, 1.82) is 0 Å².